The summed E-state index contributed by atoms with van der Waals surface area (Å²) in [6, 6.07) is 3.99. The number of carbonyl (C=O) groups is 1. The minimum absolute atomic E-state index is 0.00469. The van der Waals surface area contributed by atoms with Crippen molar-refractivity contribution in [1.29, 1.82) is 0 Å². The van der Waals surface area contributed by atoms with Crippen molar-refractivity contribution in [3.63, 3.8) is 0 Å². The van der Waals surface area contributed by atoms with E-state index in [-0.39, 0.29) is 5.91 Å². The van der Waals surface area contributed by atoms with Crippen LogP contribution in [0.25, 0.3) is 11.0 Å². The number of amides is 1. The van der Waals surface area contributed by atoms with Crippen LogP contribution in [0.3, 0.4) is 0 Å². The number of aromatic nitrogens is 2. The Balaban J connectivity index is 1.35. The van der Waals surface area contributed by atoms with Crippen molar-refractivity contribution in [3.05, 3.63) is 49.8 Å². The summed E-state index contributed by atoms with van der Waals surface area (Å²) in [5.74, 6) is 0.00469. The van der Waals surface area contributed by atoms with E-state index in [1.54, 1.807) is 23.5 Å². The van der Waals surface area contributed by atoms with Gasteiger partial charge >= 0.3 is 0 Å². The van der Waals surface area contributed by atoms with Gasteiger partial charge < -0.3 is 4.90 Å². The molecular weight excluding hydrogens is 411 g/mol. The first-order chi connectivity index (χ1) is 12.6. The summed E-state index contributed by atoms with van der Waals surface area (Å²) in [6.45, 7) is 4.04. The molecule has 1 aliphatic rings. The second-order valence-corrected chi connectivity index (χ2v) is 9.01. The summed E-state index contributed by atoms with van der Waals surface area (Å²) in [5.41, 5.74) is 0.740. The molecule has 0 N–H and O–H groups in total. The summed E-state index contributed by atoms with van der Waals surface area (Å²) in [4.78, 5) is 23.0. The predicted octanol–water partition coefficient (Wildman–Crippen LogP) is 4.12. The van der Waals surface area contributed by atoms with Gasteiger partial charge in [0.2, 0.25) is 5.91 Å². The number of nitrogens with zero attached hydrogens (tertiary/aromatic N) is 4. The zero-order chi connectivity index (χ0) is 18.1. The number of rotatable bonds is 4. The van der Waals surface area contributed by atoms with Crippen LogP contribution in [-0.2, 0) is 11.3 Å². The molecular formula is C17H16Cl2N4OS2. The fourth-order valence-electron chi connectivity index (χ4n) is 2.97. The molecule has 4 rings (SSSR count). The first-order valence-electron chi connectivity index (χ1n) is 8.15. The molecule has 3 aromatic heterocycles. The Morgan fingerprint density at radius 1 is 1.23 bits per heavy atom. The van der Waals surface area contributed by atoms with Crippen molar-refractivity contribution in [1.82, 2.24) is 19.2 Å². The number of thiazole rings is 1. The number of carbonyl (C=O) groups excluding carboxylic acids is 1. The largest absolute Gasteiger partial charge is 0.337 e. The van der Waals surface area contributed by atoms with Crippen LogP contribution >= 0.6 is 45.9 Å². The molecule has 0 bridgehead atoms. The van der Waals surface area contributed by atoms with E-state index in [0.717, 1.165) is 47.7 Å². The maximum absolute atomic E-state index is 12.5. The quantitative estimate of drug-likeness (QED) is 0.589. The highest BCUT2D eigenvalue weighted by Crippen LogP contribution is 2.24. The number of fused-ring (bicyclic) bond motifs is 1. The van der Waals surface area contributed by atoms with E-state index in [2.05, 4.69) is 16.0 Å². The van der Waals surface area contributed by atoms with Crippen molar-refractivity contribution in [3.8, 4) is 0 Å². The Morgan fingerprint density at radius 3 is 2.77 bits per heavy atom. The Bertz CT molecular complexity index is 953. The van der Waals surface area contributed by atoms with Crippen molar-refractivity contribution < 1.29 is 4.79 Å². The van der Waals surface area contributed by atoms with Crippen LogP contribution < -0.4 is 0 Å². The average molecular weight is 427 g/mol. The zero-order valence-electron chi connectivity index (χ0n) is 13.8. The van der Waals surface area contributed by atoms with E-state index in [4.69, 9.17) is 23.2 Å². The topological polar surface area (TPSA) is 40.9 Å². The fraction of sp³-hybridized carbons (Fsp3) is 0.294. The van der Waals surface area contributed by atoms with Gasteiger partial charge in [0.1, 0.15) is 0 Å². The maximum atomic E-state index is 12.5. The average Bonchev–Trinajstić information content (AvgIpc) is 3.31. The highest BCUT2D eigenvalue weighted by molar-refractivity contribution is 7.16. The highest BCUT2D eigenvalue weighted by Gasteiger charge is 2.20. The lowest BCUT2D eigenvalue weighted by atomic mass is 10.2. The van der Waals surface area contributed by atoms with E-state index in [9.17, 15) is 4.79 Å². The molecule has 0 saturated carbocycles. The molecule has 0 spiro atoms. The molecule has 1 amide bonds. The van der Waals surface area contributed by atoms with Gasteiger partial charge in [-0.15, -0.1) is 22.7 Å². The van der Waals surface area contributed by atoms with Crippen molar-refractivity contribution >= 4 is 62.8 Å². The van der Waals surface area contributed by atoms with Gasteiger partial charge in [-0.1, -0.05) is 23.2 Å². The maximum Gasteiger partial charge on any atom is 0.246 e. The molecule has 9 heteroatoms. The van der Waals surface area contributed by atoms with Crippen molar-refractivity contribution in [2.45, 2.75) is 6.54 Å². The van der Waals surface area contributed by atoms with Gasteiger partial charge in [0.05, 0.1) is 10.0 Å². The van der Waals surface area contributed by atoms with Crippen LogP contribution in [0.4, 0.5) is 0 Å². The Morgan fingerprint density at radius 2 is 2.04 bits per heavy atom. The van der Waals surface area contributed by atoms with Gasteiger partial charge in [-0.05, 0) is 18.2 Å². The zero-order valence-corrected chi connectivity index (χ0v) is 16.9. The number of hydrogen-bond acceptors (Lipinski definition) is 5. The van der Waals surface area contributed by atoms with Gasteiger partial charge in [0.25, 0.3) is 0 Å². The van der Waals surface area contributed by atoms with Gasteiger partial charge in [-0.3, -0.25) is 14.1 Å². The van der Waals surface area contributed by atoms with E-state index in [1.807, 2.05) is 26.9 Å². The third-order valence-corrected chi connectivity index (χ3v) is 6.58. The van der Waals surface area contributed by atoms with Crippen LogP contribution in [0.5, 0.6) is 0 Å². The second-order valence-electron chi connectivity index (χ2n) is 5.98. The van der Waals surface area contributed by atoms with Crippen LogP contribution in [0, 0.1) is 0 Å². The molecule has 5 nitrogen and oxygen atoms in total. The predicted molar refractivity (Wildman–Crippen MR) is 108 cm³/mol. The Hall–Kier alpha value is -1.38. The normalized spacial score (nSPS) is 16.2. The molecule has 1 saturated heterocycles. The van der Waals surface area contributed by atoms with Crippen molar-refractivity contribution in [2.24, 2.45) is 0 Å². The summed E-state index contributed by atoms with van der Waals surface area (Å²) in [6.07, 6.45) is 5.23. The third kappa shape index (κ3) is 3.82. The molecule has 3 aromatic rings. The van der Waals surface area contributed by atoms with Gasteiger partial charge in [0.15, 0.2) is 10.1 Å². The Kier molecular flexibility index (Phi) is 5.33. The lowest BCUT2D eigenvalue weighted by Crippen LogP contribution is -2.47. The third-order valence-electron chi connectivity index (χ3n) is 4.33. The molecule has 1 aliphatic heterocycles. The molecule has 0 aromatic carbocycles. The summed E-state index contributed by atoms with van der Waals surface area (Å²) in [5, 5.41) is 2.36. The van der Waals surface area contributed by atoms with E-state index < -0.39 is 0 Å². The summed E-state index contributed by atoms with van der Waals surface area (Å²) in [7, 11) is 0. The van der Waals surface area contributed by atoms with Crippen molar-refractivity contribution in [2.75, 3.05) is 26.2 Å². The molecule has 4 heterocycles. The fourth-order valence-corrected chi connectivity index (χ4v) is 5.10. The van der Waals surface area contributed by atoms with Gasteiger partial charge in [0, 0.05) is 55.3 Å². The molecule has 1 fully saturated rings. The molecule has 136 valence electrons. The molecule has 0 radical (unpaired) electrons. The Labute approximate surface area is 169 Å². The van der Waals surface area contributed by atoms with E-state index in [1.165, 1.54) is 16.2 Å². The molecule has 26 heavy (non-hydrogen) atoms. The minimum Gasteiger partial charge on any atom is -0.337 e. The standard InChI is InChI=1S/C17H16Cl2N4OS2/c18-14-3-1-12(26-14)11-21-5-7-22(8-6-21)15(24)4-2-13-16(19)20-17-23(13)9-10-25-17/h1-4,9-10H,5-8,11H2/b4-2+. The van der Waals surface area contributed by atoms with E-state index >= 15 is 0 Å². The SMILES string of the molecule is O=C(/C=C/c1c(Cl)nc2sccn12)N1CCN(Cc2ccc(Cl)s2)CC1. The molecule has 0 unspecified atom stereocenters. The van der Waals surface area contributed by atoms with E-state index in [0.29, 0.717) is 5.15 Å². The number of hydrogen-bond donors (Lipinski definition) is 0. The smallest absolute Gasteiger partial charge is 0.246 e. The number of imidazole rings is 1. The monoisotopic (exact) mass is 426 g/mol. The van der Waals surface area contributed by atoms with Gasteiger partial charge in [-0.25, -0.2) is 4.98 Å². The number of halogens is 2. The number of piperazine rings is 1. The van der Waals surface area contributed by atoms with Crippen LogP contribution in [0.15, 0.2) is 29.8 Å². The molecule has 0 aliphatic carbocycles. The summed E-state index contributed by atoms with van der Waals surface area (Å²) < 4.78 is 2.71. The highest BCUT2D eigenvalue weighted by atomic mass is 35.5. The lowest BCUT2D eigenvalue weighted by Gasteiger charge is -2.33. The minimum atomic E-state index is 0.00469. The molecule has 0 atom stereocenters. The number of thiophene rings is 1. The first kappa shape index (κ1) is 18.0. The second kappa shape index (κ2) is 7.70. The van der Waals surface area contributed by atoms with Gasteiger partial charge in [-0.2, -0.15) is 0 Å². The lowest BCUT2D eigenvalue weighted by molar-refractivity contribution is -0.127. The summed E-state index contributed by atoms with van der Waals surface area (Å²) >= 11 is 15.3. The van der Waals surface area contributed by atoms with Crippen LogP contribution in [0.2, 0.25) is 9.49 Å². The van der Waals surface area contributed by atoms with Crippen LogP contribution in [-0.4, -0.2) is 51.3 Å². The van der Waals surface area contributed by atoms with Crippen LogP contribution in [0.1, 0.15) is 10.6 Å². The first-order valence-corrected chi connectivity index (χ1v) is 10.6.